The summed E-state index contributed by atoms with van der Waals surface area (Å²) in [7, 11) is 0. The van der Waals surface area contributed by atoms with E-state index in [1.165, 1.54) is 23.3 Å². The van der Waals surface area contributed by atoms with Gasteiger partial charge in [0.15, 0.2) is 0 Å². The molecule has 0 aliphatic carbocycles. The fourth-order valence-electron chi connectivity index (χ4n) is 2.57. The Bertz CT molecular complexity index is 607. The average Bonchev–Trinajstić information content (AvgIpc) is 2.81. The van der Waals surface area contributed by atoms with Crippen molar-refractivity contribution in [3.05, 3.63) is 53.3 Å². The van der Waals surface area contributed by atoms with E-state index in [-0.39, 0.29) is 11.9 Å². The Balaban J connectivity index is 2.10. The van der Waals surface area contributed by atoms with Crippen molar-refractivity contribution in [3.63, 3.8) is 0 Å². The molecule has 2 aromatic rings. The fraction of sp³-hybridized carbons (Fsp3) is 0.250. The lowest BCUT2D eigenvalue weighted by Crippen LogP contribution is -2.24. The minimum Gasteiger partial charge on any atom is -0.488 e. The molecule has 0 amide bonds. The lowest BCUT2D eigenvalue weighted by Gasteiger charge is -2.11. The van der Waals surface area contributed by atoms with Crippen LogP contribution in [0.4, 0.5) is 4.39 Å². The number of aryl methyl sites for hydroxylation is 1. The van der Waals surface area contributed by atoms with Gasteiger partial charge in [-0.3, -0.25) is 0 Å². The summed E-state index contributed by atoms with van der Waals surface area (Å²) in [6.45, 7) is 2.57. The molecule has 1 aliphatic heterocycles. The van der Waals surface area contributed by atoms with Gasteiger partial charge in [-0.2, -0.15) is 0 Å². The summed E-state index contributed by atoms with van der Waals surface area (Å²) in [4.78, 5) is 0. The molecule has 0 saturated heterocycles. The molecule has 1 unspecified atom stereocenters. The second-order valence-electron chi connectivity index (χ2n) is 4.99. The zero-order valence-electron chi connectivity index (χ0n) is 10.8. The smallest absolute Gasteiger partial charge is 0.130 e. The molecule has 0 aromatic heterocycles. The number of halogens is 1. The molecule has 0 spiro atoms. The number of rotatable bonds is 2. The molecule has 1 heterocycles. The highest BCUT2D eigenvalue weighted by atomic mass is 19.1. The first-order valence-electron chi connectivity index (χ1n) is 6.43. The van der Waals surface area contributed by atoms with Crippen LogP contribution in [0.3, 0.4) is 0 Å². The van der Waals surface area contributed by atoms with E-state index in [1.54, 1.807) is 12.1 Å². The summed E-state index contributed by atoms with van der Waals surface area (Å²) < 4.78 is 18.9. The highest BCUT2D eigenvalue weighted by Crippen LogP contribution is 2.39. The molecule has 2 aromatic carbocycles. The summed E-state index contributed by atoms with van der Waals surface area (Å²) in [5.41, 5.74) is 10.0. The molecular weight excluding hydrogens is 241 g/mol. The molecule has 2 N–H and O–H groups in total. The summed E-state index contributed by atoms with van der Waals surface area (Å²) in [5.74, 6) is 0.668. The predicted molar refractivity (Wildman–Crippen MR) is 73.7 cm³/mol. The van der Waals surface area contributed by atoms with Crippen LogP contribution in [-0.2, 0) is 6.42 Å². The quantitative estimate of drug-likeness (QED) is 0.897. The Hall–Kier alpha value is -1.87. The predicted octanol–water partition coefficient (Wildman–Crippen LogP) is 3.06. The third-order valence-corrected chi connectivity index (χ3v) is 3.46. The lowest BCUT2D eigenvalue weighted by molar-refractivity contribution is 0.242. The van der Waals surface area contributed by atoms with Crippen LogP contribution in [0.1, 0.15) is 11.1 Å². The molecular formula is C16H16FNO. The van der Waals surface area contributed by atoms with Crippen LogP contribution in [0.2, 0.25) is 0 Å². The van der Waals surface area contributed by atoms with E-state index >= 15 is 0 Å². The third-order valence-electron chi connectivity index (χ3n) is 3.46. The van der Waals surface area contributed by atoms with Crippen molar-refractivity contribution < 1.29 is 9.13 Å². The van der Waals surface area contributed by atoms with E-state index in [2.05, 4.69) is 19.1 Å². The normalized spacial score (nSPS) is 17.1. The molecule has 0 saturated carbocycles. The molecule has 98 valence electrons. The van der Waals surface area contributed by atoms with E-state index in [9.17, 15) is 4.39 Å². The van der Waals surface area contributed by atoms with Crippen LogP contribution in [0.5, 0.6) is 5.75 Å². The van der Waals surface area contributed by atoms with Gasteiger partial charge in [0.1, 0.15) is 17.7 Å². The molecule has 3 rings (SSSR count). The van der Waals surface area contributed by atoms with Gasteiger partial charge >= 0.3 is 0 Å². The van der Waals surface area contributed by atoms with E-state index in [0.717, 1.165) is 23.3 Å². The third kappa shape index (κ3) is 2.22. The number of hydrogen-bond donors (Lipinski definition) is 1. The Morgan fingerprint density at radius 2 is 2.00 bits per heavy atom. The van der Waals surface area contributed by atoms with E-state index < -0.39 is 0 Å². The first-order chi connectivity index (χ1) is 9.17. The molecule has 0 radical (unpaired) electrons. The van der Waals surface area contributed by atoms with Gasteiger partial charge in [0, 0.05) is 18.5 Å². The van der Waals surface area contributed by atoms with Crippen LogP contribution < -0.4 is 10.5 Å². The van der Waals surface area contributed by atoms with E-state index in [1.807, 2.05) is 0 Å². The topological polar surface area (TPSA) is 35.2 Å². The Morgan fingerprint density at radius 1 is 1.26 bits per heavy atom. The first kappa shape index (κ1) is 12.2. The number of hydrogen-bond acceptors (Lipinski definition) is 2. The maximum absolute atomic E-state index is 13.0. The second kappa shape index (κ2) is 4.67. The van der Waals surface area contributed by atoms with Crippen molar-refractivity contribution in [2.45, 2.75) is 19.4 Å². The molecule has 2 nitrogen and oxygen atoms in total. The monoisotopic (exact) mass is 257 g/mol. The SMILES string of the molecule is Cc1cc2c(c(-c3ccc(F)cc3)c1)OC(CN)C2. The second-order valence-corrected chi connectivity index (χ2v) is 4.99. The van der Waals surface area contributed by atoms with Gasteiger partial charge in [-0.15, -0.1) is 0 Å². The van der Waals surface area contributed by atoms with Crippen molar-refractivity contribution >= 4 is 0 Å². The minimum absolute atomic E-state index is 0.0519. The van der Waals surface area contributed by atoms with Crippen molar-refractivity contribution in [1.29, 1.82) is 0 Å². The van der Waals surface area contributed by atoms with E-state index in [4.69, 9.17) is 10.5 Å². The van der Waals surface area contributed by atoms with Gasteiger partial charge < -0.3 is 10.5 Å². The Labute approximate surface area is 112 Å². The molecule has 3 heteroatoms. The van der Waals surface area contributed by atoms with Crippen molar-refractivity contribution in [2.24, 2.45) is 5.73 Å². The summed E-state index contributed by atoms with van der Waals surface area (Å²) in [5, 5.41) is 0. The summed E-state index contributed by atoms with van der Waals surface area (Å²) >= 11 is 0. The van der Waals surface area contributed by atoms with Crippen LogP contribution in [0, 0.1) is 12.7 Å². The number of fused-ring (bicyclic) bond motifs is 1. The zero-order chi connectivity index (χ0) is 13.4. The highest BCUT2D eigenvalue weighted by Gasteiger charge is 2.25. The standard InChI is InChI=1S/C16H16FNO/c1-10-6-12-8-14(9-18)19-16(12)15(7-10)11-2-4-13(17)5-3-11/h2-7,14H,8-9,18H2,1H3. The number of benzene rings is 2. The van der Waals surface area contributed by atoms with Gasteiger partial charge in [0.25, 0.3) is 0 Å². The summed E-state index contributed by atoms with van der Waals surface area (Å²) in [6.07, 6.45) is 0.901. The Morgan fingerprint density at radius 3 is 2.68 bits per heavy atom. The van der Waals surface area contributed by atoms with Crippen molar-refractivity contribution in [3.8, 4) is 16.9 Å². The van der Waals surface area contributed by atoms with Gasteiger partial charge in [-0.1, -0.05) is 18.2 Å². The maximum Gasteiger partial charge on any atom is 0.130 e. The molecule has 0 bridgehead atoms. The maximum atomic E-state index is 13.0. The lowest BCUT2D eigenvalue weighted by atomic mass is 9.98. The van der Waals surface area contributed by atoms with Gasteiger partial charge in [0.05, 0.1) is 0 Å². The summed E-state index contributed by atoms with van der Waals surface area (Å²) in [6, 6.07) is 10.7. The van der Waals surface area contributed by atoms with Crippen molar-refractivity contribution in [1.82, 2.24) is 0 Å². The highest BCUT2D eigenvalue weighted by molar-refractivity contribution is 5.74. The van der Waals surface area contributed by atoms with Gasteiger partial charge in [-0.25, -0.2) is 4.39 Å². The van der Waals surface area contributed by atoms with Crippen LogP contribution in [0.25, 0.3) is 11.1 Å². The van der Waals surface area contributed by atoms with Crippen molar-refractivity contribution in [2.75, 3.05) is 6.54 Å². The first-order valence-corrected chi connectivity index (χ1v) is 6.43. The van der Waals surface area contributed by atoms with Gasteiger partial charge in [0.2, 0.25) is 0 Å². The minimum atomic E-state index is -0.228. The van der Waals surface area contributed by atoms with Crippen LogP contribution in [-0.4, -0.2) is 12.6 Å². The zero-order valence-corrected chi connectivity index (χ0v) is 10.8. The van der Waals surface area contributed by atoms with Crippen LogP contribution in [0.15, 0.2) is 36.4 Å². The van der Waals surface area contributed by atoms with E-state index in [0.29, 0.717) is 6.54 Å². The average molecular weight is 257 g/mol. The molecule has 19 heavy (non-hydrogen) atoms. The number of nitrogens with two attached hydrogens (primary N) is 1. The largest absolute Gasteiger partial charge is 0.488 e. The Kier molecular flexibility index (Phi) is 2.99. The molecule has 1 aliphatic rings. The van der Waals surface area contributed by atoms with Gasteiger partial charge in [-0.05, 0) is 41.8 Å². The van der Waals surface area contributed by atoms with Crippen LogP contribution >= 0.6 is 0 Å². The molecule has 1 atom stereocenters. The fourth-order valence-corrected chi connectivity index (χ4v) is 2.57. The molecule has 0 fully saturated rings. The number of ether oxygens (including phenoxy) is 1.